The van der Waals surface area contributed by atoms with Gasteiger partial charge in [0, 0.05) is 24.9 Å². The second kappa shape index (κ2) is 5.57. The van der Waals surface area contributed by atoms with E-state index in [9.17, 15) is 9.59 Å². The summed E-state index contributed by atoms with van der Waals surface area (Å²) in [5.41, 5.74) is 0.548. The number of Topliss-reactive ketones (excluding diaryl/α,β-unsaturated/α-hetero) is 1. The average Bonchev–Trinajstić information content (AvgIpc) is 3.06. The molecule has 1 saturated carbocycles. The molecule has 1 aliphatic heterocycles. The first-order chi connectivity index (χ1) is 9.68. The van der Waals surface area contributed by atoms with E-state index in [4.69, 9.17) is 11.6 Å². The maximum Gasteiger partial charge on any atom is 0.255 e. The van der Waals surface area contributed by atoms with Crippen LogP contribution in [0.15, 0.2) is 24.3 Å². The quantitative estimate of drug-likeness (QED) is 0.838. The molecule has 1 aromatic rings. The number of amides is 1. The number of carbonyl (C=O) groups is 2. The normalized spacial score (nSPS) is 26.2. The molecule has 0 aromatic heterocycles. The molecule has 2 fully saturated rings. The molecule has 1 heterocycles. The van der Waals surface area contributed by atoms with Gasteiger partial charge in [-0.25, -0.2) is 0 Å². The van der Waals surface area contributed by atoms with Gasteiger partial charge in [0.15, 0.2) is 0 Å². The highest BCUT2D eigenvalue weighted by molar-refractivity contribution is 6.33. The highest BCUT2D eigenvalue weighted by atomic mass is 35.5. The van der Waals surface area contributed by atoms with Crippen LogP contribution in [0.3, 0.4) is 0 Å². The number of nitrogens with zero attached hydrogens (tertiary/aromatic N) is 1. The van der Waals surface area contributed by atoms with Crippen molar-refractivity contribution in [1.82, 2.24) is 4.90 Å². The molecule has 0 N–H and O–H groups in total. The molecule has 4 heteroatoms. The van der Waals surface area contributed by atoms with Crippen LogP contribution in [0.25, 0.3) is 0 Å². The predicted octanol–water partition coefficient (Wildman–Crippen LogP) is 3.31. The lowest BCUT2D eigenvalue weighted by Crippen LogP contribution is -2.41. The van der Waals surface area contributed by atoms with Gasteiger partial charge in [-0.15, -0.1) is 0 Å². The van der Waals surface area contributed by atoms with Crippen LogP contribution in [0.5, 0.6) is 0 Å². The minimum atomic E-state index is -0.0298. The smallest absolute Gasteiger partial charge is 0.255 e. The molecular weight excluding hydrogens is 274 g/mol. The zero-order valence-corrected chi connectivity index (χ0v) is 12.1. The maximum atomic E-state index is 12.7. The van der Waals surface area contributed by atoms with E-state index in [1.165, 1.54) is 0 Å². The molecule has 0 spiro atoms. The zero-order valence-electron chi connectivity index (χ0n) is 11.3. The van der Waals surface area contributed by atoms with Crippen LogP contribution in [0.4, 0.5) is 0 Å². The van der Waals surface area contributed by atoms with Gasteiger partial charge < -0.3 is 4.90 Å². The summed E-state index contributed by atoms with van der Waals surface area (Å²) in [6, 6.07) is 7.22. The highest BCUT2D eigenvalue weighted by Gasteiger charge is 2.40. The van der Waals surface area contributed by atoms with E-state index in [1.807, 2.05) is 17.0 Å². The summed E-state index contributed by atoms with van der Waals surface area (Å²) in [6.45, 7) is 0.735. The van der Waals surface area contributed by atoms with Crippen LogP contribution < -0.4 is 0 Å². The van der Waals surface area contributed by atoms with Crippen molar-refractivity contribution in [2.75, 3.05) is 6.54 Å². The number of likely N-dealkylation sites (tertiary alicyclic amines) is 1. The van der Waals surface area contributed by atoms with E-state index in [1.54, 1.807) is 12.1 Å². The number of halogens is 1. The molecule has 0 bridgehead atoms. The second-order valence-corrected chi connectivity index (χ2v) is 6.06. The van der Waals surface area contributed by atoms with Gasteiger partial charge in [0.2, 0.25) is 0 Å². The van der Waals surface area contributed by atoms with Gasteiger partial charge >= 0.3 is 0 Å². The van der Waals surface area contributed by atoms with Gasteiger partial charge in [0.1, 0.15) is 5.78 Å². The molecule has 2 atom stereocenters. The molecule has 20 heavy (non-hydrogen) atoms. The Kier molecular flexibility index (Phi) is 3.79. The fourth-order valence-corrected chi connectivity index (χ4v) is 3.72. The molecule has 106 valence electrons. The summed E-state index contributed by atoms with van der Waals surface area (Å²) >= 11 is 6.12. The van der Waals surface area contributed by atoms with Gasteiger partial charge in [-0.3, -0.25) is 9.59 Å². The van der Waals surface area contributed by atoms with Crippen molar-refractivity contribution in [2.45, 2.75) is 38.1 Å². The standard InChI is InChI=1S/C16H18ClNO2/c17-13-7-2-1-5-11(13)16(20)18-10-4-8-14(18)12-6-3-9-15(12)19/h1-2,5,7,12,14H,3-4,6,8-10H2. The molecule has 2 unspecified atom stereocenters. The Morgan fingerprint density at radius 1 is 1.20 bits per heavy atom. The van der Waals surface area contributed by atoms with Crippen LogP contribution in [0.2, 0.25) is 5.02 Å². The molecule has 1 aromatic carbocycles. The van der Waals surface area contributed by atoms with E-state index in [0.717, 1.165) is 32.2 Å². The van der Waals surface area contributed by atoms with Crippen LogP contribution in [0, 0.1) is 5.92 Å². The van der Waals surface area contributed by atoms with Crippen molar-refractivity contribution in [3.05, 3.63) is 34.9 Å². The van der Waals surface area contributed by atoms with Crippen LogP contribution in [-0.4, -0.2) is 29.2 Å². The van der Waals surface area contributed by atoms with Crippen molar-refractivity contribution in [1.29, 1.82) is 0 Å². The third-order valence-electron chi connectivity index (χ3n) is 4.48. The van der Waals surface area contributed by atoms with E-state index in [-0.39, 0.29) is 17.9 Å². The Bertz CT molecular complexity index is 543. The summed E-state index contributed by atoms with van der Waals surface area (Å²) in [5.74, 6) is 0.343. The Morgan fingerprint density at radius 2 is 2.00 bits per heavy atom. The number of benzene rings is 1. The zero-order chi connectivity index (χ0) is 14.1. The minimum Gasteiger partial charge on any atom is -0.335 e. The highest BCUT2D eigenvalue weighted by Crippen LogP contribution is 2.34. The van der Waals surface area contributed by atoms with Gasteiger partial charge in [0.05, 0.1) is 10.6 Å². The fraction of sp³-hybridized carbons (Fsp3) is 0.500. The van der Waals surface area contributed by atoms with Gasteiger partial charge in [-0.05, 0) is 37.8 Å². The molecule has 1 saturated heterocycles. The number of rotatable bonds is 2. The van der Waals surface area contributed by atoms with E-state index in [2.05, 4.69) is 0 Å². The molecule has 1 aliphatic carbocycles. The van der Waals surface area contributed by atoms with E-state index in [0.29, 0.717) is 22.8 Å². The van der Waals surface area contributed by atoms with Crippen molar-refractivity contribution < 1.29 is 9.59 Å². The number of hydrogen-bond acceptors (Lipinski definition) is 2. The molecule has 3 nitrogen and oxygen atoms in total. The largest absolute Gasteiger partial charge is 0.335 e. The number of ketones is 1. The van der Waals surface area contributed by atoms with Gasteiger partial charge in [-0.2, -0.15) is 0 Å². The topological polar surface area (TPSA) is 37.4 Å². The number of hydrogen-bond donors (Lipinski definition) is 0. The predicted molar refractivity (Wildman–Crippen MR) is 77.9 cm³/mol. The maximum absolute atomic E-state index is 12.7. The van der Waals surface area contributed by atoms with E-state index < -0.39 is 0 Å². The third-order valence-corrected chi connectivity index (χ3v) is 4.81. The molecule has 3 rings (SSSR count). The van der Waals surface area contributed by atoms with Gasteiger partial charge in [-0.1, -0.05) is 23.7 Å². The van der Waals surface area contributed by atoms with Crippen molar-refractivity contribution in [2.24, 2.45) is 5.92 Å². The van der Waals surface area contributed by atoms with Crippen LogP contribution in [-0.2, 0) is 4.79 Å². The molecule has 0 radical (unpaired) electrons. The summed E-state index contributed by atoms with van der Waals surface area (Å²) in [4.78, 5) is 26.5. The van der Waals surface area contributed by atoms with E-state index >= 15 is 0 Å². The summed E-state index contributed by atoms with van der Waals surface area (Å²) < 4.78 is 0. The van der Waals surface area contributed by atoms with Crippen molar-refractivity contribution in [3.8, 4) is 0 Å². The first-order valence-electron chi connectivity index (χ1n) is 7.26. The second-order valence-electron chi connectivity index (χ2n) is 5.65. The monoisotopic (exact) mass is 291 g/mol. The minimum absolute atomic E-state index is 0.0298. The van der Waals surface area contributed by atoms with Crippen LogP contribution >= 0.6 is 11.6 Å². The molecule has 1 amide bonds. The third kappa shape index (κ3) is 2.35. The first-order valence-corrected chi connectivity index (χ1v) is 7.64. The van der Waals surface area contributed by atoms with Crippen molar-refractivity contribution in [3.63, 3.8) is 0 Å². The summed E-state index contributed by atoms with van der Waals surface area (Å²) in [5, 5.41) is 0.487. The molecule has 2 aliphatic rings. The Hall–Kier alpha value is -1.35. The Morgan fingerprint density at radius 3 is 2.70 bits per heavy atom. The van der Waals surface area contributed by atoms with Crippen LogP contribution in [0.1, 0.15) is 42.5 Å². The number of carbonyl (C=O) groups excluding carboxylic acids is 2. The lowest BCUT2D eigenvalue weighted by atomic mass is 9.94. The van der Waals surface area contributed by atoms with Crippen molar-refractivity contribution >= 4 is 23.3 Å². The fourth-order valence-electron chi connectivity index (χ4n) is 3.50. The summed E-state index contributed by atoms with van der Waals surface area (Å²) in [6.07, 6.45) is 4.48. The molecular formula is C16H18ClNO2. The van der Waals surface area contributed by atoms with Gasteiger partial charge in [0.25, 0.3) is 5.91 Å². The lowest BCUT2D eigenvalue weighted by molar-refractivity contribution is -0.121. The Labute approximate surface area is 123 Å². The average molecular weight is 292 g/mol. The Balaban J connectivity index is 1.83. The first kappa shape index (κ1) is 13.6. The summed E-state index contributed by atoms with van der Waals surface area (Å²) in [7, 11) is 0. The lowest BCUT2D eigenvalue weighted by Gasteiger charge is -2.29. The SMILES string of the molecule is O=C1CCCC1C1CCCN1C(=O)c1ccccc1Cl.